The van der Waals surface area contributed by atoms with Crippen molar-refractivity contribution in [3.63, 3.8) is 0 Å². The molecule has 2 aliphatic heterocycles. The van der Waals surface area contributed by atoms with Crippen LogP contribution in [0, 0.1) is 5.41 Å². The monoisotopic (exact) mass is 718 g/mol. The summed E-state index contributed by atoms with van der Waals surface area (Å²) in [5, 5.41) is 96.2. The van der Waals surface area contributed by atoms with Gasteiger partial charge in [-0.3, -0.25) is 0 Å². The predicted molar refractivity (Wildman–Crippen MR) is 169 cm³/mol. The number of esters is 1. The van der Waals surface area contributed by atoms with Crippen molar-refractivity contribution in [2.75, 3.05) is 34.0 Å². The van der Waals surface area contributed by atoms with E-state index in [1.54, 1.807) is 20.8 Å². The number of methoxy groups -OCH3 is 2. The Bertz CT molecular complexity index is 1320. The zero-order chi connectivity index (χ0) is 37.4. The van der Waals surface area contributed by atoms with E-state index in [-0.39, 0.29) is 35.7 Å². The number of ether oxygens (including phenoxy) is 7. The quantitative estimate of drug-likeness (QED) is 0.0876. The van der Waals surface area contributed by atoms with Gasteiger partial charge in [0.25, 0.3) is 0 Å². The van der Waals surface area contributed by atoms with Crippen molar-refractivity contribution in [3.05, 3.63) is 29.8 Å². The van der Waals surface area contributed by atoms with Crippen LogP contribution in [0.5, 0.6) is 17.2 Å². The van der Waals surface area contributed by atoms with Gasteiger partial charge in [-0.25, -0.2) is 4.79 Å². The second-order valence-corrected chi connectivity index (χ2v) is 14.1. The summed E-state index contributed by atoms with van der Waals surface area (Å²) in [6.07, 6.45) is -9.86. The molecule has 1 aromatic carbocycles. The van der Waals surface area contributed by atoms with Gasteiger partial charge in [-0.2, -0.15) is 0 Å². The van der Waals surface area contributed by atoms with Gasteiger partial charge in [-0.05, 0) is 32.4 Å². The first-order valence-electron chi connectivity index (χ1n) is 16.1. The highest BCUT2D eigenvalue weighted by molar-refractivity contribution is 5.91. The molecule has 9 N–H and O–H groups in total. The Labute approximate surface area is 289 Å². The Morgan fingerprint density at radius 1 is 0.960 bits per heavy atom. The fraction of sp³-hybridized carbons (Fsp3) is 0.727. The Morgan fingerprint density at radius 2 is 1.58 bits per heavy atom. The van der Waals surface area contributed by atoms with Crippen LogP contribution in [0.3, 0.4) is 0 Å². The molecule has 1 aliphatic carbocycles. The second-order valence-electron chi connectivity index (χ2n) is 14.1. The lowest BCUT2D eigenvalue weighted by Crippen LogP contribution is -2.65. The van der Waals surface area contributed by atoms with Crippen molar-refractivity contribution in [3.8, 4) is 17.2 Å². The maximum atomic E-state index is 12.7. The maximum Gasteiger partial charge on any atom is 0.338 e. The van der Waals surface area contributed by atoms with E-state index in [1.165, 1.54) is 45.4 Å². The molecule has 12 atom stereocenters. The first-order chi connectivity index (χ1) is 23.2. The van der Waals surface area contributed by atoms with Crippen LogP contribution in [0.1, 0.15) is 50.9 Å². The Hall–Kier alpha value is -2.65. The highest BCUT2D eigenvalue weighted by Crippen LogP contribution is 2.50. The first-order valence-corrected chi connectivity index (χ1v) is 16.1. The fourth-order valence-electron chi connectivity index (χ4n) is 6.66. The summed E-state index contributed by atoms with van der Waals surface area (Å²) >= 11 is 0. The van der Waals surface area contributed by atoms with Crippen LogP contribution in [0.25, 0.3) is 0 Å². The smallest absolute Gasteiger partial charge is 0.338 e. The minimum absolute atomic E-state index is 0.0598. The normalized spacial score (nSPS) is 39.3. The molecule has 0 bridgehead atoms. The maximum absolute atomic E-state index is 12.7. The fourth-order valence-corrected chi connectivity index (χ4v) is 6.66. The molecule has 0 spiro atoms. The molecule has 3 aliphatic rings. The molecular weight excluding hydrogens is 668 g/mol. The van der Waals surface area contributed by atoms with Gasteiger partial charge in [0.05, 0.1) is 50.8 Å². The van der Waals surface area contributed by atoms with Gasteiger partial charge >= 0.3 is 5.97 Å². The number of rotatable bonds is 12. The molecule has 4 rings (SSSR count). The molecule has 0 aromatic heterocycles. The first kappa shape index (κ1) is 40.1. The number of carbonyl (C=O) groups excluding carboxylic acids is 1. The number of aliphatic hydroxyl groups is 8. The summed E-state index contributed by atoms with van der Waals surface area (Å²) in [6, 6.07) is 2.40. The van der Waals surface area contributed by atoms with E-state index in [0.29, 0.717) is 0 Å². The third kappa shape index (κ3) is 7.89. The summed E-state index contributed by atoms with van der Waals surface area (Å²) in [6.45, 7) is 4.64. The van der Waals surface area contributed by atoms with Gasteiger partial charge in [0.2, 0.25) is 5.75 Å². The second kappa shape index (κ2) is 15.1. The topological polar surface area (TPSA) is 264 Å². The predicted octanol–water partition coefficient (Wildman–Crippen LogP) is -1.54. The Morgan fingerprint density at radius 3 is 2.16 bits per heavy atom. The van der Waals surface area contributed by atoms with E-state index < -0.39 is 103 Å². The van der Waals surface area contributed by atoms with Crippen molar-refractivity contribution in [1.82, 2.24) is 0 Å². The molecule has 1 saturated carbocycles. The molecule has 0 radical (unpaired) electrons. The molecule has 2 heterocycles. The Kier molecular flexibility index (Phi) is 12.1. The van der Waals surface area contributed by atoms with Crippen molar-refractivity contribution in [2.45, 2.75) is 113 Å². The lowest BCUT2D eigenvalue weighted by molar-refractivity contribution is -0.314. The number of hydrogen-bond donors (Lipinski definition) is 9. The molecule has 17 nitrogen and oxygen atoms in total. The average molecular weight is 719 g/mol. The van der Waals surface area contributed by atoms with Gasteiger partial charge in [0.15, 0.2) is 29.7 Å². The lowest BCUT2D eigenvalue weighted by atomic mass is 9.57. The molecule has 3 fully saturated rings. The van der Waals surface area contributed by atoms with Gasteiger partial charge in [0.1, 0.15) is 42.7 Å². The average Bonchev–Trinajstić information content (AvgIpc) is 3.33. The number of hydrogen-bond acceptors (Lipinski definition) is 17. The van der Waals surface area contributed by atoms with Crippen molar-refractivity contribution in [1.29, 1.82) is 0 Å². The zero-order valence-corrected chi connectivity index (χ0v) is 28.8. The van der Waals surface area contributed by atoms with E-state index in [0.717, 1.165) is 0 Å². The summed E-state index contributed by atoms with van der Waals surface area (Å²) < 4.78 is 37.6. The molecular formula is C33H50O17. The summed E-state index contributed by atoms with van der Waals surface area (Å²) in [4.78, 5) is 12.7. The van der Waals surface area contributed by atoms with Crippen LogP contribution >= 0.6 is 0 Å². The number of phenols is 1. The van der Waals surface area contributed by atoms with Crippen LogP contribution in [0.15, 0.2) is 24.3 Å². The van der Waals surface area contributed by atoms with E-state index in [4.69, 9.17) is 33.2 Å². The number of carbonyl (C=O) groups is 1. The van der Waals surface area contributed by atoms with Gasteiger partial charge in [-0.1, -0.05) is 26.0 Å². The van der Waals surface area contributed by atoms with Crippen molar-refractivity contribution >= 4 is 5.97 Å². The van der Waals surface area contributed by atoms with Gasteiger partial charge < -0.3 is 79.1 Å². The van der Waals surface area contributed by atoms with Crippen LogP contribution < -0.4 is 9.47 Å². The van der Waals surface area contributed by atoms with E-state index >= 15 is 0 Å². The van der Waals surface area contributed by atoms with Crippen LogP contribution in [0.2, 0.25) is 0 Å². The molecule has 17 heteroatoms. The zero-order valence-electron chi connectivity index (χ0n) is 28.8. The van der Waals surface area contributed by atoms with Crippen LogP contribution in [0.4, 0.5) is 0 Å². The van der Waals surface area contributed by atoms with Gasteiger partial charge in [0, 0.05) is 11.8 Å². The van der Waals surface area contributed by atoms with Gasteiger partial charge in [-0.15, -0.1) is 0 Å². The lowest BCUT2D eigenvalue weighted by Gasteiger charge is -2.55. The number of benzene rings is 1. The van der Waals surface area contributed by atoms with E-state index in [1.807, 2.05) is 0 Å². The third-order valence-corrected chi connectivity index (χ3v) is 9.76. The third-order valence-electron chi connectivity index (χ3n) is 9.76. The van der Waals surface area contributed by atoms with Crippen LogP contribution in [-0.2, 0) is 23.7 Å². The number of phenolic OH excluding ortho intramolecular Hbond substituents is 1. The molecule has 284 valence electrons. The van der Waals surface area contributed by atoms with Crippen LogP contribution in [-0.4, -0.2) is 158 Å². The molecule has 0 amide bonds. The number of aromatic hydroxyl groups is 1. The van der Waals surface area contributed by atoms with E-state index in [2.05, 4.69) is 0 Å². The summed E-state index contributed by atoms with van der Waals surface area (Å²) in [7, 11) is 2.55. The SMILES string of the molecule is COc1cc(C(=O)OCC2(O)COC(OCC3OC(OC(C)C=CC4(O)C(C)(C)CC(O)CC4(C)O)C(O)C(O)C3O)C2O)cc(OC)c1O. The molecule has 50 heavy (non-hydrogen) atoms. The summed E-state index contributed by atoms with van der Waals surface area (Å²) in [5.41, 5.74) is -6.55. The van der Waals surface area contributed by atoms with Crippen molar-refractivity contribution in [2.24, 2.45) is 5.41 Å². The standard InChI is InChI=1S/C33H50O17/c1-16(7-8-33(43)30(2,3)11-18(34)12-31(33,4)41)49-28-25(38)24(37)23(36)21(50-28)13-46-29-26(39)32(42,15-48-29)14-47-27(40)17-9-19(44-5)22(35)20(10-17)45-6/h7-10,16,18,21,23-26,28-29,34-39,41-43H,11-15H2,1-6H3. The highest BCUT2D eigenvalue weighted by Gasteiger charge is 2.58. The minimum Gasteiger partial charge on any atom is -0.502 e. The molecule has 2 saturated heterocycles. The molecule has 1 aromatic rings. The summed E-state index contributed by atoms with van der Waals surface area (Å²) in [5.74, 6) is -1.39. The van der Waals surface area contributed by atoms with E-state index in [9.17, 15) is 50.8 Å². The molecule has 12 unspecified atom stereocenters. The van der Waals surface area contributed by atoms with Crippen molar-refractivity contribution < 1.29 is 83.9 Å². The highest BCUT2D eigenvalue weighted by atomic mass is 16.7. The number of aliphatic hydroxyl groups excluding tert-OH is 5. The largest absolute Gasteiger partial charge is 0.502 e. The minimum atomic E-state index is -2.11. The Balaban J connectivity index is 1.34.